The topological polar surface area (TPSA) is 66.4 Å². The van der Waals surface area contributed by atoms with Gasteiger partial charge in [0.2, 0.25) is 0 Å². The lowest BCUT2D eigenvalue weighted by Crippen LogP contribution is -2.13. The Morgan fingerprint density at radius 3 is 2.53 bits per heavy atom. The molecular formula is C12H9BrClNO3S. The second-order valence-electron chi connectivity index (χ2n) is 3.70. The average Bonchev–Trinajstić information content (AvgIpc) is 2.34. The van der Waals surface area contributed by atoms with E-state index in [2.05, 4.69) is 20.7 Å². The van der Waals surface area contributed by atoms with Crippen molar-refractivity contribution in [2.75, 3.05) is 4.72 Å². The van der Waals surface area contributed by atoms with Gasteiger partial charge in [-0.15, -0.1) is 0 Å². The Hall–Kier alpha value is -1.24. The second-order valence-corrected chi connectivity index (χ2v) is 6.67. The van der Waals surface area contributed by atoms with Crippen molar-refractivity contribution in [3.8, 4) is 5.75 Å². The molecule has 0 spiro atoms. The van der Waals surface area contributed by atoms with E-state index in [4.69, 9.17) is 11.6 Å². The van der Waals surface area contributed by atoms with E-state index in [0.29, 0.717) is 4.47 Å². The Balaban J connectivity index is 2.43. The summed E-state index contributed by atoms with van der Waals surface area (Å²) < 4.78 is 27.3. The number of rotatable bonds is 3. The van der Waals surface area contributed by atoms with Crippen LogP contribution in [-0.4, -0.2) is 13.5 Å². The fourth-order valence-electron chi connectivity index (χ4n) is 1.45. The smallest absolute Gasteiger partial charge is 0.263 e. The lowest BCUT2D eigenvalue weighted by molar-refractivity contribution is 0.477. The van der Waals surface area contributed by atoms with Crippen molar-refractivity contribution in [3.05, 3.63) is 52.0 Å². The van der Waals surface area contributed by atoms with Gasteiger partial charge in [0.05, 0.1) is 10.7 Å². The minimum atomic E-state index is -3.85. The van der Waals surface area contributed by atoms with E-state index in [1.54, 1.807) is 18.2 Å². The minimum absolute atomic E-state index is 0.0453. The SMILES string of the molecule is O=S(=O)(Nc1cc(Br)ccc1O)c1ccccc1Cl. The summed E-state index contributed by atoms with van der Waals surface area (Å²) in [7, 11) is -3.85. The zero-order valence-electron chi connectivity index (χ0n) is 9.47. The van der Waals surface area contributed by atoms with Crippen LogP contribution in [0.15, 0.2) is 51.8 Å². The summed E-state index contributed by atoms with van der Waals surface area (Å²) in [6.07, 6.45) is 0. The molecule has 2 aromatic carbocycles. The van der Waals surface area contributed by atoms with Crippen LogP contribution in [0.25, 0.3) is 0 Å². The maximum absolute atomic E-state index is 12.2. The molecule has 2 N–H and O–H groups in total. The van der Waals surface area contributed by atoms with E-state index in [0.717, 1.165) is 0 Å². The van der Waals surface area contributed by atoms with Crippen LogP contribution in [0.2, 0.25) is 5.02 Å². The van der Waals surface area contributed by atoms with Gasteiger partial charge in [-0.1, -0.05) is 39.7 Å². The van der Waals surface area contributed by atoms with Crippen molar-refractivity contribution in [2.45, 2.75) is 4.90 Å². The van der Waals surface area contributed by atoms with Crippen molar-refractivity contribution in [1.82, 2.24) is 0 Å². The number of phenols is 1. The van der Waals surface area contributed by atoms with Gasteiger partial charge in [-0.25, -0.2) is 8.42 Å². The van der Waals surface area contributed by atoms with Crippen molar-refractivity contribution >= 4 is 43.2 Å². The zero-order chi connectivity index (χ0) is 14.0. The van der Waals surface area contributed by atoms with Gasteiger partial charge >= 0.3 is 0 Å². The van der Waals surface area contributed by atoms with Crippen molar-refractivity contribution < 1.29 is 13.5 Å². The highest BCUT2D eigenvalue weighted by atomic mass is 79.9. The maximum Gasteiger partial charge on any atom is 0.263 e. The number of halogens is 2. The summed E-state index contributed by atoms with van der Waals surface area (Å²) in [6.45, 7) is 0. The molecule has 0 fully saturated rings. The van der Waals surface area contributed by atoms with Crippen LogP contribution < -0.4 is 4.72 Å². The molecule has 0 amide bonds. The average molecular weight is 363 g/mol. The third-order valence-electron chi connectivity index (χ3n) is 2.33. The van der Waals surface area contributed by atoms with E-state index >= 15 is 0 Å². The Bertz CT molecular complexity index is 719. The van der Waals surface area contributed by atoms with Crippen LogP contribution in [0.4, 0.5) is 5.69 Å². The summed E-state index contributed by atoms with van der Waals surface area (Å²) in [5, 5.41) is 9.75. The first kappa shape index (κ1) is 14.2. The molecule has 0 aliphatic rings. The normalized spacial score (nSPS) is 11.3. The van der Waals surface area contributed by atoms with Crippen LogP contribution in [0.3, 0.4) is 0 Å². The van der Waals surface area contributed by atoms with Crippen LogP contribution in [0, 0.1) is 0 Å². The summed E-state index contributed by atoms with van der Waals surface area (Å²) in [5.41, 5.74) is 0.0781. The van der Waals surface area contributed by atoms with E-state index in [1.807, 2.05) is 0 Å². The third-order valence-corrected chi connectivity index (χ3v) is 4.69. The van der Waals surface area contributed by atoms with Gasteiger partial charge in [0.25, 0.3) is 10.0 Å². The molecule has 4 nitrogen and oxygen atoms in total. The highest BCUT2D eigenvalue weighted by molar-refractivity contribution is 9.10. The van der Waals surface area contributed by atoms with Crippen LogP contribution in [0.1, 0.15) is 0 Å². The van der Waals surface area contributed by atoms with Crippen molar-refractivity contribution in [1.29, 1.82) is 0 Å². The van der Waals surface area contributed by atoms with Gasteiger partial charge in [-0.3, -0.25) is 4.72 Å². The maximum atomic E-state index is 12.2. The molecule has 2 rings (SSSR count). The summed E-state index contributed by atoms with van der Waals surface area (Å²) in [6, 6.07) is 10.5. The molecule has 19 heavy (non-hydrogen) atoms. The second kappa shape index (κ2) is 5.40. The van der Waals surface area contributed by atoms with Gasteiger partial charge in [0, 0.05) is 4.47 Å². The molecule has 7 heteroatoms. The molecule has 0 heterocycles. The monoisotopic (exact) mass is 361 g/mol. The number of anilines is 1. The Labute approximate surface area is 124 Å². The van der Waals surface area contributed by atoms with Crippen molar-refractivity contribution in [2.24, 2.45) is 0 Å². The third kappa shape index (κ3) is 3.20. The quantitative estimate of drug-likeness (QED) is 0.820. The number of phenolic OH excluding ortho intramolecular Hbond substituents is 1. The lowest BCUT2D eigenvalue weighted by Gasteiger charge is -2.11. The van der Waals surface area contributed by atoms with Crippen LogP contribution >= 0.6 is 27.5 Å². The molecule has 0 bridgehead atoms. The molecule has 0 aromatic heterocycles. The first-order valence-electron chi connectivity index (χ1n) is 5.16. The van der Waals surface area contributed by atoms with Crippen LogP contribution in [-0.2, 0) is 10.0 Å². The predicted molar refractivity (Wildman–Crippen MR) is 78.1 cm³/mol. The Morgan fingerprint density at radius 2 is 1.84 bits per heavy atom. The number of hydrogen-bond donors (Lipinski definition) is 2. The first-order chi connectivity index (χ1) is 8.90. The Morgan fingerprint density at radius 1 is 1.16 bits per heavy atom. The molecule has 0 atom stereocenters. The molecule has 0 radical (unpaired) electrons. The molecule has 0 unspecified atom stereocenters. The van der Waals surface area contributed by atoms with E-state index in [-0.39, 0.29) is 21.4 Å². The predicted octanol–water partition coefficient (Wildman–Crippen LogP) is 3.61. The van der Waals surface area contributed by atoms with E-state index in [1.165, 1.54) is 24.3 Å². The molecule has 0 aliphatic carbocycles. The summed E-state index contributed by atoms with van der Waals surface area (Å²) >= 11 is 9.06. The summed E-state index contributed by atoms with van der Waals surface area (Å²) in [4.78, 5) is -0.0453. The van der Waals surface area contributed by atoms with E-state index in [9.17, 15) is 13.5 Å². The number of aromatic hydroxyl groups is 1. The van der Waals surface area contributed by atoms with Gasteiger partial charge < -0.3 is 5.11 Å². The largest absolute Gasteiger partial charge is 0.506 e. The number of hydrogen-bond acceptors (Lipinski definition) is 3. The van der Waals surface area contributed by atoms with Gasteiger partial charge in [0.1, 0.15) is 10.6 Å². The molecule has 100 valence electrons. The molecule has 0 aliphatic heterocycles. The van der Waals surface area contributed by atoms with E-state index < -0.39 is 10.0 Å². The highest BCUT2D eigenvalue weighted by Crippen LogP contribution is 2.30. The van der Waals surface area contributed by atoms with Gasteiger partial charge in [-0.2, -0.15) is 0 Å². The zero-order valence-corrected chi connectivity index (χ0v) is 12.6. The molecule has 2 aromatic rings. The lowest BCUT2D eigenvalue weighted by atomic mass is 10.3. The number of sulfonamides is 1. The minimum Gasteiger partial charge on any atom is -0.506 e. The standard InChI is InChI=1S/C12H9BrClNO3S/c13-8-5-6-11(16)10(7-8)15-19(17,18)12-4-2-1-3-9(12)14/h1-7,15-16H. The number of benzene rings is 2. The highest BCUT2D eigenvalue weighted by Gasteiger charge is 2.18. The van der Waals surface area contributed by atoms with Gasteiger partial charge in [0.15, 0.2) is 0 Å². The molecule has 0 saturated heterocycles. The number of nitrogens with one attached hydrogen (secondary N) is 1. The Kier molecular flexibility index (Phi) is 4.03. The molecular weight excluding hydrogens is 354 g/mol. The van der Waals surface area contributed by atoms with Gasteiger partial charge in [-0.05, 0) is 30.3 Å². The van der Waals surface area contributed by atoms with Crippen LogP contribution in [0.5, 0.6) is 5.75 Å². The fourth-order valence-corrected chi connectivity index (χ4v) is 3.40. The fraction of sp³-hybridized carbons (Fsp3) is 0. The molecule has 0 saturated carbocycles. The first-order valence-corrected chi connectivity index (χ1v) is 7.81. The summed E-state index contributed by atoms with van der Waals surface area (Å²) in [5.74, 6) is -0.168. The van der Waals surface area contributed by atoms with Crippen molar-refractivity contribution in [3.63, 3.8) is 0 Å².